The van der Waals surface area contributed by atoms with E-state index in [1.165, 1.54) is 0 Å². The molecule has 0 aliphatic carbocycles. The van der Waals surface area contributed by atoms with Gasteiger partial charge in [-0.2, -0.15) is 0 Å². The quantitative estimate of drug-likeness (QED) is 0.748. The SMILES string of the molecule is CN(CC1CCNCC1)C(=O)C1COCCO1. The first-order chi connectivity index (χ1) is 8.27. The molecule has 1 N–H and O–H groups in total. The first-order valence-electron chi connectivity index (χ1n) is 6.42. The van der Waals surface area contributed by atoms with Crippen LogP contribution in [0, 0.1) is 5.92 Å². The highest BCUT2D eigenvalue weighted by Gasteiger charge is 2.27. The molecule has 0 saturated carbocycles. The molecule has 2 aliphatic heterocycles. The maximum absolute atomic E-state index is 12.1. The molecule has 2 heterocycles. The number of rotatable bonds is 3. The van der Waals surface area contributed by atoms with E-state index in [9.17, 15) is 4.79 Å². The lowest BCUT2D eigenvalue weighted by molar-refractivity contribution is -0.157. The van der Waals surface area contributed by atoms with Gasteiger partial charge in [0.15, 0.2) is 6.10 Å². The van der Waals surface area contributed by atoms with Crippen LogP contribution in [0.2, 0.25) is 0 Å². The van der Waals surface area contributed by atoms with Crippen molar-refractivity contribution in [1.82, 2.24) is 10.2 Å². The van der Waals surface area contributed by atoms with Crippen LogP contribution in [0.1, 0.15) is 12.8 Å². The van der Waals surface area contributed by atoms with Crippen LogP contribution in [0.15, 0.2) is 0 Å². The molecule has 1 atom stereocenters. The van der Waals surface area contributed by atoms with Gasteiger partial charge >= 0.3 is 0 Å². The highest BCUT2D eigenvalue weighted by molar-refractivity contribution is 5.80. The number of ether oxygens (including phenoxy) is 2. The summed E-state index contributed by atoms with van der Waals surface area (Å²) in [6, 6.07) is 0. The molecular formula is C12H22N2O3. The number of hydrogen-bond acceptors (Lipinski definition) is 4. The highest BCUT2D eigenvalue weighted by Crippen LogP contribution is 2.14. The third-order valence-corrected chi connectivity index (χ3v) is 3.46. The topological polar surface area (TPSA) is 50.8 Å². The minimum atomic E-state index is -0.393. The van der Waals surface area contributed by atoms with Crippen LogP contribution in [-0.4, -0.2) is 63.4 Å². The number of amides is 1. The van der Waals surface area contributed by atoms with E-state index in [4.69, 9.17) is 9.47 Å². The second-order valence-corrected chi connectivity index (χ2v) is 4.85. The Balaban J connectivity index is 1.77. The molecule has 17 heavy (non-hydrogen) atoms. The fourth-order valence-corrected chi connectivity index (χ4v) is 2.42. The van der Waals surface area contributed by atoms with E-state index in [-0.39, 0.29) is 5.91 Å². The summed E-state index contributed by atoms with van der Waals surface area (Å²) in [7, 11) is 1.86. The van der Waals surface area contributed by atoms with Gasteiger partial charge in [-0.3, -0.25) is 4.79 Å². The number of hydrogen-bond donors (Lipinski definition) is 1. The Kier molecular flexibility index (Phi) is 4.76. The zero-order valence-electron chi connectivity index (χ0n) is 10.5. The van der Waals surface area contributed by atoms with Gasteiger partial charge in [0.25, 0.3) is 5.91 Å². The molecule has 0 aromatic carbocycles. The Morgan fingerprint density at radius 3 is 2.76 bits per heavy atom. The summed E-state index contributed by atoms with van der Waals surface area (Å²) < 4.78 is 10.7. The maximum Gasteiger partial charge on any atom is 0.253 e. The van der Waals surface area contributed by atoms with E-state index in [2.05, 4.69) is 5.32 Å². The Hall–Kier alpha value is -0.650. The van der Waals surface area contributed by atoms with Crippen LogP contribution in [0.3, 0.4) is 0 Å². The van der Waals surface area contributed by atoms with E-state index in [0.29, 0.717) is 25.7 Å². The van der Waals surface area contributed by atoms with Gasteiger partial charge in [-0.15, -0.1) is 0 Å². The molecule has 98 valence electrons. The van der Waals surface area contributed by atoms with Crippen LogP contribution < -0.4 is 5.32 Å². The predicted molar refractivity (Wildman–Crippen MR) is 63.8 cm³/mol. The zero-order chi connectivity index (χ0) is 12.1. The van der Waals surface area contributed by atoms with Gasteiger partial charge in [0.1, 0.15) is 0 Å². The van der Waals surface area contributed by atoms with Gasteiger partial charge in [0, 0.05) is 13.6 Å². The maximum atomic E-state index is 12.1. The zero-order valence-corrected chi connectivity index (χ0v) is 10.5. The summed E-state index contributed by atoms with van der Waals surface area (Å²) in [6.45, 7) is 4.49. The third-order valence-electron chi connectivity index (χ3n) is 3.46. The van der Waals surface area contributed by atoms with Crippen molar-refractivity contribution in [2.75, 3.05) is 46.5 Å². The molecule has 0 spiro atoms. The number of carbonyl (C=O) groups excluding carboxylic acids is 1. The van der Waals surface area contributed by atoms with Crippen LogP contribution >= 0.6 is 0 Å². The number of piperidine rings is 1. The van der Waals surface area contributed by atoms with Crippen LogP contribution in [-0.2, 0) is 14.3 Å². The van der Waals surface area contributed by atoms with Crippen molar-refractivity contribution < 1.29 is 14.3 Å². The molecule has 0 radical (unpaired) electrons. The standard InChI is InChI=1S/C12H22N2O3/c1-14(8-10-2-4-13-5-3-10)12(15)11-9-16-6-7-17-11/h10-11,13H,2-9H2,1H3. The van der Waals surface area contributed by atoms with E-state index >= 15 is 0 Å². The molecule has 2 saturated heterocycles. The van der Waals surface area contributed by atoms with E-state index in [0.717, 1.165) is 32.5 Å². The van der Waals surface area contributed by atoms with Crippen molar-refractivity contribution in [3.8, 4) is 0 Å². The summed E-state index contributed by atoms with van der Waals surface area (Å²) in [5.41, 5.74) is 0. The Labute approximate surface area is 102 Å². The van der Waals surface area contributed by atoms with E-state index in [1.807, 2.05) is 7.05 Å². The van der Waals surface area contributed by atoms with Gasteiger partial charge in [-0.05, 0) is 31.8 Å². The molecule has 0 bridgehead atoms. The molecule has 5 nitrogen and oxygen atoms in total. The molecule has 0 aromatic rings. The van der Waals surface area contributed by atoms with Crippen LogP contribution in [0.25, 0.3) is 0 Å². The number of carbonyl (C=O) groups is 1. The Morgan fingerprint density at radius 2 is 2.12 bits per heavy atom. The summed E-state index contributed by atoms with van der Waals surface area (Å²) in [6.07, 6.45) is 1.91. The number of nitrogens with one attached hydrogen (secondary N) is 1. The molecule has 0 aromatic heterocycles. The van der Waals surface area contributed by atoms with Gasteiger partial charge in [-0.25, -0.2) is 0 Å². The van der Waals surface area contributed by atoms with Crippen molar-refractivity contribution in [2.24, 2.45) is 5.92 Å². The van der Waals surface area contributed by atoms with Gasteiger partial charge in [-0.1, -0.05) is 0 Å². The first-order valence-corrected chi connectivity index (χ1v) is 6.42. The molecule has 1 amide bonds. The molecule has 2 aliphatic rings. The summed E-state index contributed by atoms with van der Waals surface area (Å²) >= 11 is 0. The summed E-state index contributed by atoms with van der Waals surface area (Å²) in [5, 5.41) is 3.33. The van der Waals surface area contributed by atoms with Gasteiger partial charge < -0.3 is 19.7 Å². The smallest absolute Gasteiger partial charge is 0.253 e. The lowest BCUT2D eigenvalue weighted by atomic mass is 9.97. The van der Waals surface area contributed by atoms with E-state index in [1.54, 1.807) is 4.90 Å². The normalized spacial score (nSPS) is 26.8. The molecule has 2 rings (SSSR count). The van der Waals surface area contributed by atoms with Crippen molar-refractivity contribution in [1.29, 1.82) is 0 Å². The lowest BCUT2D eigenvalue weighted by Crippen LogP contribution is -2.46. The number of nitrogens with zero attached hydrogens (tertiary/aromatic N) is 1. The van der Waals surface area contributed by atoms with Crippen molar-refractivity contribution >= 4 is 5.91 Å². The molecular weight excluding hydrogens is 220 g/mol. The highest BCUT2D eigenvalue weighted by atomic mass is 16.6. The third kappa shape index (κ3) is 3.66. The average molecular weight is 242 g/mol. The minimum Gasteiger partial charge on any atom is -0.376 e. The van der Waals surface area contributed by atoms with E-state index < -0.39 is 6.10 Å². The predicted octanol–water partition coefficient (Wildman–Crippen LogP) is -0.140. The first kappa shape index (κ1) is 12.8. The van der Waals surface area contributed by atoms with Crippen molar-refractivity contribution in [2.45, 2.75) is 18.9 Å². The average Bonchev–Trinajstić information content (AvgIpc) is 2.40. The Bertz CT molecular complexity index is 248. The summed E-state index contributed by atoms with van der Waals surface area (Å²) in [4.78, 5) is 13.9. The minimum absolute atomic E-state index is 0.0585. The fourth-order valence-electron chi connectivity index (χ4n) is 2.42. The molecule has 5 heteroatoms. The Morgan fingerprint density at radius 1 is 1.35 bits per heavy atom. The van der Waals surface area contributed by atoms with Crippen molar-refractivity contribution in [3.05, 3.63) is 0 Å². The lowest BCUT2D eigenvalue weighted by Gasteiger charge is -2.31. The fraction of sp³-hybridized carbons (Fsp3) is 0.917. The second-order valence-electron chi connectivity index (χ2n) is 4.85. The van der Waals surface area contributed by atoms with Crippen LogP contribution in [0.5, 0.6) is 0 Å². The second kappa shape index (κ2) is 6.33. The van der Waals surface area contributed by atoms with Crippen LogP contribution in [0.4, 0.5) is 0 Å². The van der Waals surface area contributed by atoms with Gasteiger partial charge in [0.05, 0.1) is 19.8 Å². The largest absolute Gasteiger partial charge is 0.376 e. The molecule has 1 unspecified atom stereocenters. The summed E-state index contributed by atoms with van der Waals surface area (Å²) in [5.74, 6) is 0.679. The monoisotopic (exact) mass is 242 g/mol. The molecule has 2 fully saturated rings. The van der Waals surface area contributed by atoms with Crippen molar-refractivity contribution in [3.63, 3.8) is 0 Å². The number of likely N-dealkylation sites (N-methyl/N-ethyl adjacent to an activating group) is 1. The van der Waals surface area contributed by atoms with Gasteiger partial charge in [0.2, 0.25) is 0 Å².